The van der Waals surface area contributed by atoms with Gasteiger partial charge in [0.25, 0.3) is 0 Å². The van der Waals surface area contributed by atoms with E-state index in [4.69, 9.17) is 5.73 Å². The van der Waals surface area contributed by atoms with Crippen LogP contribution in [0.25, 0.3) is 0 Å². The lowest BCUT2D eigenvalue weighted by Crippen LogP contribution is -2.51. The van der Waals surface area contributed by atoms with Gasteiger partial charge in [-0.2, -0.15) is 0 Å². The van der Waals surface area contributed by atoms with Crippen LogP contribution in [-0.4, -0.2) is 29.6 Å². The van der Waals surface area contributed by atoms with Crippen LogP contribution in [0.15, 0.2) is 0 Å². The fourth-order valence-corrected chi connectivity index (χ4v) is 3.99. The van der Waals surface area contributed by atoms with Crippen LogP contribution in [0.5, 0.6) is 0 Å². The summed E-state index contributed by atoms with van der Waals surface area (Å²) in [5.41, 5.74) is 6.05. The molecule has 0 radical (unpaired) electrons. The van der Waals surface area contributed by atoms with Crippen LogP contribution in [-0.2, 0) is 0 Å². The second kappa shape index (κ2) is 5.05. The molecule has 16 heavy (non-hydrogen) atoms. The molecule has 2 nitrogen and oxygen atoms in total. The van der Waals surface area contributed by atoms with Gasteiger partial charge in [0.15, 0.2) is 0 Å². The third-order valence-electron chi connectivity index (χ3n) is 5.10. The molecule has 0 bridgehead atoms. The van der Waals surface area contributed by atoms with Crippen molar-refractivity contribution >= 4 is 0 Å². The molecule has 2 N–H and O–H groups in total. The van der Waals surface area contributed by atoms with Gasteiger partial charge in [-0.15, -0.1) is 0 Å². The lowest BCUT2D eigenvalue weighted by atomic mass is 9.90. The summed E-state index contributed by atoms with van der Waals surface area (Å²) in [6.07, 6.45) is 6.61. The lowest BCUT2D eigenvalue weighted by Gasteiger charge is -2.42. The summed E-state index contributed by atoms with van der Waals surface area (Å²) in [6, 6.07) is 1.99. The Bertz CT molecular complexity index is 229. The Morgan fingerprint density at radius 2 is 1.94 bits per heavy atom. The topological polar surface area (TPSA) is 29.3 Å². The van der Waals surface area contributed by atoms with Gasteiger partial charge in [0.05, 0.1) is 0 Å². The SMILES string of the molecule is CCC1CCC(N2CCC(N)CC2C)C1C. The Labute approximate surface area is 101 Å². The first-order chi connectivity index (χ1) is 7.63. The average Bonchev–Trinajstić information content (AvgIpc) is 2.60. The van der Waals surface area contributed by atoms with E-state index in [9.17, 15) is 0 Å². The highest BCUT2D eigenvalue weighted by Crippen LogP contribution is 2.38. The van der Waals surface area contributed by atoms with E-state index in [0.29, 0.717) is 12.1 Å². The number of likely N-dealkylation sites (tertiary alicyclic amines) is 1. The van der Waals surface area contributed by atoms with Gasteiger partial charge in [-0.05, 0) is 44.4 Å². The van der Waals surface area contributed by atoms with Crippen LogP contribution >= 0.6 is 0 Å². The van der Waals surface area contributed by atoms with Gasteiger partial charge >= 0.3 is 0 Å². The molecule has 2 fully saturated rings. The normalized spacial score (nSPS) is 46.1. The molecule has 1 saturated carbocycles. The average molecular weight is 224 g/mol. The standard InChI is InChI=1S/C14H28N2/c1-4-12-5-6-14(11(12)3)16-8-7-13(15)9-10(16)2/h10-14H,4-9,15H2,1-3H3. The predicted molar refractivity (Wildman–Crippen MR) is 69.3 cm³/mol. The third kappa shape index (κ3) is 2.28. The van der Waals surface area contributed by atoms with E-state index in [1.807, 2.05) is 0 Å². The van der Waals surface area contributed by atoms with Crippen molar-refractivity contribution in [1.29, 1.82) is 0 Å². The van der Waals surface area contributed by atoms with Crippen LogP contribution in [0.4, 0.5) is 0 Å². The Hall–Kier alpha value is -0.0800. The van der Waals surface area contributed by atoms with Crippen molar-refractivity contribution < 1.29 is 0 Å². The van der Waals surface area contributed by atoms with Crippen molar-refractivity contribution in [2.45, 2.75) is 71.0 Å². The van der Waals surface area contributed by atoms with Crippen LogP contribution in [0.2, 0.25) is 0 Å². The molecule has 1 aliphatic heterocycles. The molecule has 0 amide bonds. The van der Waals surface area contributed by atoms with Gasteiger partial charge in [0, 0.05) is 24.7 Å². The number of hydrogen-bond donors (Lipinski definition) is 1. The smallest absolute Gasteiger partial charge is 0.0126 e. The van der Waals surface area contributed by atoms with Gasteiger partial charge in [0.1, 0.15) is 0 Å². The van der Waals surface area contributed by atoms with E-state index in [1.54, 1.807) is 0 Å². The summed E-state index contributed by atoms with van der Waals surface area (Å²) < 4.78 is 0. The number of rotatable bonds is 2. The Morgan fingerprint density at radius 1 is 1.19 bits per heavy atom. The van der Waals surface area contributed by atoms with Crippen LogP contribution in [0.1, 0.15) is 52.9 Å². The highest BCUT2D eigenvalue weighted by molar-refractivity contribution is 4.93. The highest BCUT2D eigenvalue weighted by atomic mass is 15.2. The summed E-state index contributed by atoms with van der Waals surface area (Å²) in [5.74, 6) is 1.86. The second-order valence-corrected chi connectivity index (χ2v) is 6.04. The van der Waals surface area contributed by atoms with Crippen molar-refractivity contribution in [3.8, 4) is 0 Å². The molecule has 94 valence electrons. The number of nitrogens with zero attached hydrogens (tertiary/aromatic N) is 1. The summed E-state index contributed by atoms with van der Waals surface area (Å²) in [6.45, 7) is 8.41. The zero-order valence-corrected chi connectivity index (χ0v) is 11.2. The second-order valence-electron chi connectivity index (χ2n) is 6.04. The summed E-state index contributed by atoms with van der Waals surface area (Å²) >= 11 is 0. The number of nitrogens with two attached hydrogens (primary N) is 1. The molecule has 5 unspecified atom stereocenters. The Kier molecular flexibility index (Phi) is 3.91. The minimum Gasteiger partial charge on any atom is -0.328 e. The summed E-state index contributed by atoms with van der Waals surface area (Å²) in [5, 5.41) is 0. The molecule has 1 saturated heterocycles. The van der Waals surface area contributed by atoms with Crippen molar-refractivity contribution in [3.05, 3.63) is 0 Å². The van der Waals surface area contributed by atoms with Crippen LogP contribution in [0, 0.1) is 11.8 Å². The number of piperidine rings is 1. The Morgan fingerprint density at radius 3 is 2.50 bits per heavy atom. The number of hydrogen-bond acceptors (Lipinski definition) is 2. The molecule has 0 aromatic carbocycles. The molecule has 1 heterocycles. The van der Waals surface area contributed by atoms with Gasteiger partial charge in [-0.1, -0.05) is 20.3 Å². The largest absolute Gasteiger partial charge is 0.328 e. The van der Waals surface area contributed by atoms with Gasteiger partial charge in [-0.3, -0.25) is 4.90 Å². The molecule has 0 spiro atoms. The molecular weight excluding hydrogens is 196 g/mol. The quantitative estimate of drug-likeness (QED) is 0.781. The molecular formula is C14H28N2. The minimum atomic E-state index is 0.449. The molecule has 1 aliphatic carbocycles. The predicted octanol–water partition coefficient (Wildman–Crippen LogP) is 2.62. The molecule has 5 atom stereocenters. The fourth-order valence-electron chi connectivity index (χ4n) is 3.99. The van der Waals surface area contributed by atoms with Crippen molar-refractivity contribution in [1.82, 2.24) is 4.90 Å². The van der Waals surface area contributed by atoms with Crippen molar-refractivity contribution in [2.75, 3.05) is 6.54 Å². The Balaban J connectivity index is 1.97. The first kappa shape index (κ1) is 12.4. The monoisotopic (exact) mass is 224 g/mol. The van der Waals surface area contributed by atoms with E-state index in [0.717, 1.165) is 17.9 Å². The van der Waals surface area contributed by atoms with E-state index in [-0.39, 0.29) is 0 Å². The fraction of sp³-hybridized carbons (Fsp3) is 1.00. The first-order valence-electron chi connectivity index (χ1n) is 7.14. The zero-order chi connectivity index (χ0) is 11.7. The van der Waals surface area contributed by atoms with E-state index >= 15 is 0 Å². The first-order valence-corrected chi connectivity index (χ1v) is 7.14. The van der Waals surface area contributed by atoms with Crippen molar-refractivity contribution in [2.24, 2.45) is 17.6 Å². The van der Waals surface area contributed by atoms with E-state index in [2.05, 4.69) is 25.7 Å². The molecule has 2 heteroatoms. The van der Waals surface area contributed by atoms with Gasteiger partial charge in [0.2, 0.25) is 0 Å². The lowest BCUT2D eigenvalue weighted by molar-refractivity contribution is 0.0723. The summed E-state index contributed by atoms with van der Waals surface area (Å²) in [7, 11) is 0. The van der Waals surface area contributed by atoms with Crippen LogP contribution < -0.4 is 5.73 Å². The third-order valence-corrected chi connectivity index (χ3v) is 5.10. The van der Waals surface area contributed by atoms with E-state index in [1.165, 1.54) is 38.6 Å². The molecule has 2 aliphatic rings. The van der Waals surface area contributed by atoms with Crippen molar-refractivity contribution in [3.63, 3.8) is 0 Å². The maximum Gasteiger partial charge on any atom is 0.0126 e. The maximum absolute atomic E-state index is 6.05. The van der Waals surface area contributed by atoms with Crippen LogP contribution in [0.3, 0.4) is 0 Å². The molecule has 2 rings (SSSR count). The molecule has 0 aromatic rings. The summed E-state index contributed by atoms with van der Waals surface area (Å²) in [4.78, 5) is 2.75. The molecule has 0 aromatic heterocycles. The minimum absolute atomic E-state index is 0.449. The highest BCUT2D eigenvalue weighted by Gasteiger charge is 2.38. The van der Waals surface area contributed by atoms with E-state index < -0.39 is 0 Å². The zero-order valence-electron chi connectivity index (χ0n) is 11.2. The van der Waals surface area contributed by atoms with Gasteiger partial charge < -0.3 is 5.73 Å². The maximum atomic E-state index is 6.05. The van der Waals surface area contributed by atoms with Gasteiger partial charge in [-0.25, -0.2) is 0 Å².